The molecule has 2 aliphatic heterocycles. The molecule has 8 heteroatoms. The number of halogens is 1. The summed E-state index contributed by atoms with van der Waals surface area (Å²) in [4.78, 5) is 18.0. The van der Waals surface area contributed by atoms with Gasteiger partial charge in [0.1, 0.15) is 11.7 Å². The first-order valence-corrected chi connectivity index (χ1v) is 12.8. The van der Waals surface area contributed by atoms with Crippen LogP contribution in [0.3, 0.4) is 0 Å². The lowest BCUT2D eigenvalue weighted by Gasteiger charge is -2.62. The zero-order valence-electron chi connectivity index (χ0n) is 18.4. The fraction of sp³-hybridized carbons (Fsp3) is 0.400. The van der Waals surface area contributed by atoms with Gasteiger partial charge in [-0.2, -0.15) is 0 Å². The lowest BCUT2D eigenvalue weighted by Crippen LogP contribution is -2.76. The van der Waals surface area contributed by atoms with Crippen LogP contribution in [-0.2, 0) is 16.6 Å². The van der Waals surface area contributed by atoms with E-state index in [2.05, 4.69) is 27.9 Å². The fourth-order valence-corrected chi connectivity index (χ4v) is 7.79. The normalized spacial score (nSPS) is 33.8. The van der Waals surface area contributed by atoms with Gasteiger partial charge in [-0.15, -0.1) is 11.3 Å². The van der Waals surface area contributed by atoms with E-state index >= 15 is 0 Å². The number of likely N-dealkylation sites (tertiary alicyclic amines) is 1. The topological polar surface area (TPSA) is 73.2 Å². The van der Waals surface area contributed by atoms with Gasteiger partial charge in [-0.25, -0.2) is 0 Å². The Morgan fingerprint density at radius 3 is 3.00 bits per heavy atom. The van der Waals surface area contributed by atoms with Gasteiger partial charge >= 0.3 is 0 Å². The molecule has 6 rings (SSSR count). The number of carbonyl (C=O) groups excluding carboxylic acids is 1. The van der Waals surface area contributed by atoms with Gasteiger partial charge in [0.05, 0.1) is 11.5 Å². The Hall–Kier alpha value is -2.13. The van der Waals surface area contributed by atoms with Gasteiger partial charge in [-0.05, 0) is 66.1 Å². The second kappa shape index (κ2) is 7.18. The number of likely N-dealkylation sites (N-methyl/N-ethyl adjacent to an activating group) is 2. The first-order chi connectivity index (χ1) is 15.8. The third-order valence-electron chi connectivity index (χ3n) is 8.06. The van der Waals surface area contributed by atoms with E-state index in [1.165, 1.54) is 0 Å². The molecule has 1 saturated heterocycles. The van der Waals surface area contributed by atoms with E-state index < -0.39 is 17.1 Å². The molecule has 2 aliphatic carbocycles. The molecule has 4 aliphatic rings. The molecule has 3 heterocycles. The molecule has 2 aromatic rings. The Bertz CT molecular complexity index is 1220. The van der Waals surface area contributed by atoms with Crippen LogP contribution in [0, 0.1) is 0 Å². The summed E-state index contributed by atoms with van der Waals surface area (Å²) < 4.78 is 7.45. The van der Waals surface area contributed by atoms with Crippen LogP contribution in [0.2, 0.25) is 0 Å². The lowest BCUT2D eigenvalue weighted by atomic mass is 9.50. The summed E-state index contributed by atoms with van der Waals surface area (Å²) >= 11 is 5.00. The van der Waals surface area contributed by atoms with Gasteiger partial charge < -0.3 is 19.8 Å². The summed E-state index contributed by atoms with van der Waals surface area (Å²) in [5.41, 5.74) is 0.199. The zero-order chi connectivity index (χ0) is 23.1. The number of aliphatic hydroxyl groups is 1. The maximum atomic E-state index is 13.1. The number of amides is 1. The molecule has 1 fully saturated rings. The quantitative estimate of drug-likeness (QED) is 0.472. The highest BCUT2D eigenvalue weighted by molar-refractivity contribution is 9.10. The van der Waals surface area contributed by atoms with Crippen molar-refractivity contribution in [2.45, 2.75) is 42.0 Å². The standard InChI is InChI=1S/C25H25BrN2O4S/c1-27-10-9-24-21-14-3-5-18(29)22(21)32-23(24)17(7-8-25(24,31)19(27)11-14)28(2)20(30)6-4-16-12-15(26)13-33-16/h3-8,12-13,17,19,23,29,31H,9-11H2,1-2H3/b6-4+/t17-,19+,23-,24-,25+/m0/s1. The van der Waals surface area contributed by atoms with Crippen LogP contribution in [0.15, 0.2) is 46.3 Å². The smallest absolute Gasteiger partial charge is 0.246 e. The van der Waals surface area contributed by atoms with Crippen LogP contribution in [0.25, 0.3) is 6.08 Å². The fourth-order valence-electron chi connectivity index (χ4n) is 6.45. The Morgan fingerprint density at radius 2 is 2.24 bits per heavy atom. The Kier molecular flexibility index (Phi) is 4.66. The zero-order valence-corrected chi connectivity index (χ0v) is 20.8. The number of phenolic OH excluding ortho intramolecular Hbond substituents is 1. The van der Waals surface area contributed by atoms with Crippen molar-refractivity contribution in [1.29, 1.82) is 0 Å². The number of aromatic hydroxyl groups is 1. The van der Waals surface area contributed by atoms with E-state index in [-0.39, 0.29) is 23.7 Å². The number of thiophene rings is 1. The molecule has 5 atom stereocenters. The van der Waals surface area contributed by atoms with Crippen LogP contribution >= 0.6 is 27.3 Å². The largest absolute Gasteiger partial charge is 0.504 e. The van der Waals surface area contributed by atoms with Crippen LogP contribution in [-0.4, -0.2) is 70.3 Å². The minimum Gasteiger partial charge on any atom is -0.504 e. The molecule has 0 saturated carbocycles. The predicted octanol–water partition coefficient (Wildman–Crippen LogP) is 3.32. The van der Waals surface area contributed by atoms with Gasteiger partial charge in [0, 0.05) is 39.5 Å². The molecule has 1 aromatic heterocycles. The minimum atomic E-state index is -1.13. The number of carbonyl (C=O) groups is 1. The Labute approximate surface area is 204 Å². The first kappa shape index (κ1) is 21.4. The van der Waals surface area contributed by atoms with Gasteiger partial charge in [0.25, 0.3) is 0 Å². The molecule has 1 aromatic carbocycles. The van der Waals surface area contributed by atoms with Crippen LogP contribution in [0.5, 0.6) is 11.5 Å². The number of ether oxygens (including phenoxy) is 1. The van der Waals surface area contributed by atoms with Crippen molar-refractivity contribution in [1.82, 2.24) is 9.80 Å². The van der Waals surface area contributed by atoms with Crippen molar-refractivity contribution in [3.05, 3.63) is 62.3 Å². The highest BCUT2D eigenvalue weighted by atomic mass is 79.9. The lowest BCUT2D eigenvalue weighted by molar-refractivity contribution is -0.150. The molecule has 2 bridgehead atoms. The number of hydrogen-bond donors (Lipinski definition) is 2. The molecule has 2 N–H and O–H groups in total. The third kappa shape index (κ3) is 2.75. The summed E-state index contributed by atoms with van der Waals surface area (Å²) in [7, 11) is 3.82. The Morgan fingerprint density at radius 1 is 1.42 bits per heavy atom. The summed E-state index contributed by atoms with van der Waals surface area (Å²) in [5.74, 6) is 0.418. The van der Waals surface area contributed by atoms with E-state index in [0.717, 1.165) is 27.0 Å². The van der Waals surface area contributed by atoms with Crippen molar-refractivity contribution in [2.24, 2.45) is 0 Å². The maximum absolute atomic E-state index is 13.1. The number of hydrogen-bond acceptors (Lipinski definition) is 6. The van der Waals surface area contributed by atoms with Gasteiger partial charge in [-0.1, -0.05) is 18.2 Å². The average molecular weight is 529 g/mol. The van der Waals surface area contributed by atoms with Crippen LogP contribution < -0.4 is 4.74 Å². The van der Waals surface area contributed by atoms with Crippen molar-refractivity contribution in [3.8, 4) is 11.5 Å². The summed E-state index contributed by atoms with van der Waals surface area (Å²) in [6.07, 6.45) is 8.09. The van der Waals surface area contributed by atoms with E-state index in [4.69, 9.17) is 4.74 Å². The molecule has 172 valence electrons. The maximum Gasteiger partial charge on any atom is 0.246 e. The van der Waals surface area contributed by atoms with Gasteiger partial charge in [-0.3, -0.25) is 9.69 Å². The summed E-state index contributed by atoms with van der Waals surface area (Å²) in [6.45, 7) is 0.812. The van der Waals surface area contributed by atoms with Crippen LogP contribution in [0.1, 0.15) is 22.4 Å². The number of piperidine rings is 1. The molecule has 6 nitrogen and oxygen atoms in total. The second-order valence-electron chi connectivity index (χ2n) is 9.53. The molecule has 1 spiro atoms. The SMILES string of the molecule is CN1CC[C@]23c4c5ccc(O)c4O[C@H]2[C@@H](N(C)C(=O)/C=C/c2cc(Br)cs2)C=C[C@@]3(O)[C@H]1C5. The van der Waals surface area contributed by atoms with E-state index in [1.54, 1.807) is 35.4 Å². The average Bonchev–Trinajstić information content (AvgIpc) is 3.36. The van der Waals surface area contributed by atoms with Gasteiger partial charge in [0.15, 0.2) is 11.5 Å². The second-order valence-corrected chi connectivity index (χ2v) is 11.4. The minimum absolute atomic E-state index is 0.0873. The van der Waals surface area contributed by atoms with E-state index in [1.807, 2.05) is 35.7 Å². The van der Waals surface area contributed by atoms with Gasteiger partial charge in [0.2, 0.25) is 5.91 Å². The molecule has 1 amide bonds. The highest BCUT2D eigenvalue weighted by Gasteiger charge is 2.71. The molecule has 0 radical (unpaired) electrons. The summed E-state index contributed by atoms with van der Waals surface area (Å²) in [5, 5.41) is 24.8. The molecule has 0 unspecified atom stereocenters. The Balaban J connectivity index is 1.42. The molecular formula is C25H25BrN2O4S. The van der Waals surface area contributed by atoms with Crippen molar-refractivity contribution < 1.29 is 19.7 Å². The third-order valence-corrected chi connectivity index (χ3v) is 9.72. The van der Waals surface area contributed by atoms with Crippen molar-refractivity contribution in [3.63, 3.8) is 0 Å². The molecule has 33 heavy (non-hydrogen) atoms. The number of nitrogens with zero attached hydrogens (tertiary/aromatic N) is 2. The van der Waals surface area contributed by atoms with Crippen molar-refractivity contribution in [2.75, 3.05) is 20.6 Å². The number of benzene rings is 1. The van der Waals surface area contributed by atoms with Crippen molar-refractivity contribution >= 4 is 39.2 Å². The number of rotatable bonds is 3. The highest BCUT2D eigenvalue weighted by Crippen LogP contribution is 2.64. The summed E-state index contributed by atoms with van der Waals surface area (Å²) in [6, 6.07) is 5.14. The molecular weight excluding hydrogens is 504 g/mol. The first-order valence-electron chi connectivity index (χ1n) is 11.1. The predicted molar refractivity (Wildman–Crippen MR) is 131 cm³/mol. The monoisotopic (exact) mass is 528 g/mol. The van der Waals surface area contributed by atoms with E-state index in [9.17, 15) is 15.0 Å². The number of phenols is 1. The van der Waals surface area contributed by atoms with E-state index in [0.29, 0.717) is 18.6 Å². The van der Waals surface area contributed by atoms with Crippen LogP contribution in [0.4, 0.5) is 0 Å².